The van der Waals surface area contributed by atoms with Crippen LogP contribution in [-0.2, 0) is 32.5 Å². The van der Waals surface area contributed by atoms with Crippen molar-refractivity contribution in [3.63, 3.8) is 0 Å². The van der Waals surface area contributed by atoms with E-state index in [1.54, 1.807) is 0 Å². The fourth-order valence-electron chi connectivity index (χ4n) is 13.4. The van der Waals surface area contributed by atoms with Crippen LogP contribution < -0.4 is 4.90 Å². The number of benzene rings is 12. The number of fused-ring (bicyclic) bond motifs is 3. The van der Waals surface area contributed by atoms with Gasteiger partial charge < -0.3 is 9.47 Å². The van der Waals surface area contributed by atoms with E-state index < -0.39 is 0 Å². The molecule has 0 aliphatic heterocycles. The first-order valence-electron chi connectivity index (χ1n) is 32.7. The number of anilines is 3. The normalized spacial score (nSPS) is 13.0. The largest absolute Gasteiger partial charge is 0.310 e. The molecule has 1 heterocycles. The van der Waals surface area contributed by atoms with E-state index in [1.165, 1.54) is 138 Å². The molecule has 0 aliphatic carbocycles. The highest BCUT2D eigenvalue weighted by Crippen LogP contribution is 2.48. The van der Waals surface area contributed by atoms with E-state index in [0.717, 1.165) is 17.1 Å². The van der Waals surface area contributed by atoms with Crippen molar-refractivity contribution >= 4 is 71.2 Å². The van der Waals surface area contributed by atoms with Crippen molar-refractivity contribution in [3.8, 4) is 50.2 Å². The molecule has 0 atom stereocenters. The molecule has 0 bridgehead atoms. The Bertz CT molecular complexity index is 4570. The van der Waals surface area contributed by atoms with Gasteiger partial charge in [0, 0.05) is 32.9 Å². The Morgan fingerprint density at radius 3 is 0.889 bits per heavy atom. The van der Waals surface area contributed by atoms with Gasteiger partial charge in [-0.2, -0.15) is 0 Å². The first-order valence-corrected chi connectivity index (χ1v) is 32.7. The van der Waals surface area contributed by atoms with Crippen LogP contribution in [-0.4, -0.2) is 4.57 Å². The van der Waals surface area contributed by atoms with E-state index in [1.807, 2.05) is 0 Å². The van der Waals surface area contributed by atoms with Gasteiger partial charge in [0.2, 0.25) is 0 Å². The Kier molecular flexibility index (Phi) is 14.4. The quantitative estimate of drug-likeness (QED) is 0.138. The smallest absolute Gasteiger partial charge is 0.0541 e. The van der Waals surface area contributed by atoms with Crippen LogP contribution in [0, 0.1) is 0 Å². The highest BCUT2D eigenvalue weighted by molar-refractivity contribution is 6.27. The van der Waals surface area contributed by atoms with E-state index in [2.05, 4.69) is 352 Å². The highest BCUT2D eigenvalue weighted by atomic mass is 15.1. The van der Waals surface area contributed by atoms with Gasteiger partial charge in [-0.15, -0.1) is 0 Å². The Morgan fingerprint density at radius 1 is 0.233 bits per heavy atom. The molecular formula is C88H90N2. The minimum absolute atomic E-state index is 0.0139. The second kappa shape index (κ2) is 21.5. The van der Waals surface area contributed by atoms with Gasteiger partial charge in [0.15, 0.2) is 0 Å². The maximum Gasteiger partial charge on any atom is 0.0541 e. The summed E-state index contributed by atoms with van der Waals surface area (Å²) in [5.74, 6) is 0. The molecule has 0 fully saturated rings. The molecule has 2 nitrogen and oxygen atoms in total. The third-order valence-corrected chi connectivity index (χ3v) is 19.3. The van der Waals surface area contributed by atoms with Crippen LogP contribution >= 0.6 is 0 Å². The molecule has 0 aliphatic rings. The fraction of sp³-hybridized carbons (Fsp3) is 0.273. The second-order valence-corrected chi connectivity index (χ2v) is 32.1. The molecule has 0 radical (unpaired) electrons. The standard InChI is InChI=1S/C88H90N2/c1-83(2,3)65-35-45-79-75(53-65)76-54-66(84(4,5)6)36-46-80(76)90(79)78-44-34-62-31-41-73-77(43-33-61-32-42-74(78)82(62)81(61)73)89(71-37-27-57(28-38-71)55-19-23-59(24-20-55)63-47-67(85(7,8)9)51-68(48-63)86(10,11)12)72-39-29-58(30-40-72)56-21-25-60(26-22-56)64-49-69(87(13,14)15)52-70(50-64)88(16,17)18/h19-54H,1-18H3. The summed E-state index contributed by atoms with van der Waals surface area (Å²) in [4.78, 5) is 2.48. The molecule has 0 saturated carbocycles. The summed E-state index contributed by atoms with van der Waals surface area (Å²) >= 11 is 0. The van der Waals surface area contributed by atoms with E-state index in [-0.39, 0.29) is 32.5 Å². The molecule has 12 aromatic carbocycles. The van der Waals surface area contributed by atoms with Crippen molar-refractivity contribution in [2.75, 3.05) is 4.90 Å². The van der Waals surface area contributed by atoms with Gasteiger partial charge in [-0.25, -0.2) is 0 Å². The van der Waals surface area contributed by atoms with Gasteiger partial charge in [0.25, 0.3) is 0 Å². The van der Waals surface area contributed by atoms with Gasteiger partial charge in [-0.05, 0) is 193 Å². The zero-order chi connectivity index (χ0) is 63.8. The van der Waals surface area contributed by atoms with Crippen molar-refractivity contribution in [2.45, 2.75) is 157 Å². The van der Waals surface area contributed by atoms with E-state index in [9.17, 15) is 0 Å². The van der Waals surface area contributed by atoms with Gasteiger partial charge in [-0.1, -0.05) is 282 Å². The summed E-state index contributed by atoms with van der Waals surface area (Å²) in [7, 11) is 0. The summed E-state index contributed by atoms with van der Waals surface area (Å²) < 4.78 is 2.54. The van der Waals surface area contributed by atoms with Gasteiger partial charge in [0.1, 0.15) is 0 Å². The summed E-state index contributed by atoms with van der Waals surface area (Å²) in [6.45, 7) is 41.7. The Labute approximate surface area is 536 Å². The maximum atomic E-state index is 2.54. The number of aromatic nitrogens is 1. The minimum atomic E-state index is 0.0139. The van der Waals surface area contributed by atoms with E-state index in [0.29, 0.717) is 0 Å². The topological polar surface area (TPSA) is 8.17 Å². The zero-order valence-electron chi connectivity index (χ0n) is 56.7. The molecule has 1 aromatic heterocycles. The van der Waals surface area contributed by atoms with Crippen molar-refractivity contribution in [3.05, 3.63) is 252 Å². The lowest BCUT2D eigenvalue weighted by Gasteiger charge is -2.28. The SMILES string of the molecule is CC(C)(C)c1cc(-c2ccc(-c3ccc(N(c4ccc(-c5ccc(-c6cc(C(C)(C)C)cc(C(C)(C)C)c6)cc5)cc4)c4ccc5ccc6c(-n7c8ccc(C(C)(C)C)cc8c8cc(C(C)(C)C)ccc87)ccc7ccc4c5c76)cc3)cc2)cc(C(C)(C)C)c1. The van der Waals surface area contributed by atoms with Crippen LogP contribution in [0.25, 0.3) is 104 Å². The molecule has 0 amide bonds. The van der Waals surface area contributed by atoms with Crippen LogP contribution in [0.2, 0.25) is 0 Å². The zero-order valence-corrected chi connectivity index (χ0v) is 56.7. The Balaban J connectivity index is 0.931. The molecule has 0 N–H and O–H groups in total. The second-order valence-electron chi connectivity index (χ2n) is 32.1. The molecule has 0 spiro atoms. The minimum Gasteiger partial charge on any atom is -0.310 e. The van der Waals surface area contributed by atoms with E-state index in [4.69, 9.17) is 0 Å². The fourth-order valence-corrected chi connectivity index (χ4v) is 13.4. The van der Waals surface area contributed by atoms with Gasteiger partial charge in [-0.3, -0.25) is 0 Å². The molecule has 2 heteroatoms. The number of nitrogens with zero attached hydrogens (tertiary/aromatic N) is 2. The third-order valence-electron chi connectivity index (χ3n) is 19.3. The maximum absolute atomic E-state index is 2.54. The average Bonchev–Trinajstić information content (AvgIpc) is 1.29. The Morgan fingerprint density at radius 2 is 0.533 bits per heavy atom. The molecule has 90 heavy (non-hydrogen) atoms. The molecule has 452 valence electrons. The predicted octanol–water partition coefficient (Wildman–Crippen LogP) is 25.6. The van der Waals surface area contributed by atoms with Crippen molar-refractivity contribution in [2.24, 2.45) is 0 Å². The molecule has 0 unspecified atom stereocenters. The molecule has 0 saturated heterocycles. The summed E-state index contributed by atoms with van der Waals surface area (Å²) in [5.41, 5.74) is 25.1. The lowest BCUT2D eigenvalue weighted by Crippen LogP contribution is -2.16. The number of rotatable bonds is 8. The van der Waals surface area contributed by atoms with Crippen molar-refractivity contribution < 1.29 is 0 Å². The summed E-state index contributed by atoms with van der Waals surface area (Å²) in [6, 6.07) is 84.3. The van der Waals surface area contributed by atoms with Crippen LogP contribution in [0.1, 0.15) is 158 Å². The van der Waals surface area contributed by atoms with Crippen molar-refractivity contribution in [1.29, 1.82) is 0 Å². The van der Waals surface area contributed by atoms with Crippen LogP contribution in [0.5, 0.6) is 0 Å². The highest BCUT2D eigenvalue weighted by Gasteiger charge is 2.27. The van der Waals surface area contributed by atoms with Crippen LogP contribution in [0.4, 0.5) is 17.1 Å². The van der Waals surface area contributed by atoms with Crippen LogP contribution in [0.15, 0.2) is 218 Å². The number of hydrogen-bond donors (Lipinski definition) is 0. The predicted molar refractivity (Wildman–Crippen MR) is 393 cm³/mol. The lowest BCUT2D eigenvalue weighted by molar-refractivity contribution is 0.568. The van der Waals surface area contributed by atoms with Gasteiger partial charge in [0.05, 0.1) is 22.4 Å². The summed E-state index contributed by atoms with van der Waals surface area (Å²) in [6.07, 6.45) is 0. The molecule has 13 rings (SSSR count). The summed E-state index contributed by atoms with van der Waals surface area (Å²) in [5, 5.41) is 10.1. The first-order chi connectivity index (χ1) is 42.4. The Hall–Kier alpha value is -8.72. The van der Waals surface area contributed by atoms with Gasteiger partial charge >= 0.3 is 0 Å². The average molecular weight is 1180 g/mol. The van der Waals surface area contributed by atoms with Crippen LogP contribution in [0.3, 0.4) is 0 Å². The van der Waals surface area contributed by atoms with E-state index >= 15 is 0 Å². The van der Waals surface area contributed by atoms with Crippen molar-refractivity contribution in [1.82, 2.24) is 4.57 Å². The third kappa shape index (κ3) is 11.1. The first kappa shape index (κ1) is 60.2. The number of hydrogen-bond acceptors (Lipinski definition) is 1. The molecular weight excluding hydrogens is 1080 g/mol. The lowest BCUT2D eigenvalue weighted by atomic mass is 9.79. The molecule has 13 aromatic rings. The monoisotopic (exact) mass is 1170 g/mol.